The van der Waals surface area contributed by atoms with Crippen LogP contribution in [0, 0.1) is 0 Å². The predicted molar refractivity (Wildman–Crippen MR) is 64.8 cm³/mol. The van der Waals surface area contributed by atoms with Crippen LogP contribution in [0.5, 0.6) is 5.75 Å². The highest BCUT2D eigenvalue weighted by atomic mass is 35.5. The molecule has 0 heterocycles. The van der Waals surface area contributed by atoms with Crippen LogP contribution in [0.2, 0.25) is 5.02 Å². The number of allylic oxidation sites excluding steroid dienone is 1. The lowest BCUT2D eigenvalue weighted by atomic mass is 10.1. The van der Waals surface area contributed by atoms with Crippen LogP contribution in [0.1, 0.15) is 5.56 Å². The van der Waals surface area contributed by atoms with E-state index in [1.807, 2.05) is 31.3 Å². The second kappa shape index (κ2) is 6.49. The third kappa shape index (κ3) is 3.94. The molecule has 0 aromatic heterocycles. The zero-order valence-electron chi connectivity index (χ0n) is 8.92. The Kier molecular flexibility index (Phi) is 5.22. The third-order valence-corrected chi connectivity index (χ3v) is 2.23. The molecule has 2 nitrogen and oxygen atoms in total. The number of halogens is 1. The van der Waals surface area contributed by atoms with E-state index in [4.69, 9.17) is 16.3 Å². The van der Waals surface area contributed by atoms with Gasteiger partial charge in [0.2, 0.25) is 0 Å². The van der Waals surface area contributed by atoms with Gasteiger partial charge >= 0.3 is 0 Å². The Hall–Kier alpha value is -0.990. The average Bonchev–Trinajstić information content (AvgIpc) is 2.22. The fourth-order valence-corrected chi connectivity index (χ4v) is 1.46. The molecule has 15 heavy (non-hydrogen) atoms. The lowest BCUT2D eigenvalue weighted by molar-refractivity contribution is 0.316. The Morgan fingerprint density at radius 3 is 3.00 bits per heavy atom. The summed E-state index contributed by atoms with van der Waals surface area (Å²) in [5, 5.41) is 3.76. The van der Waals surface area contributed by atoms with E-state index in [0.29, 0.717) is 6.61 Å². The first-order valence-electron chi connectivity index (χ1n) is 4.94. The van der Waals surface area contributed by atoms with E-state index in [0.717, 1.165) is 29.3 Å². The van der Waals surface area contributed by atoms with E-state index >= 15 is 0 Å². The molecule has 0 bridgehead atoms. The largest absolute Gasteiger partial charge is 0.492 e. The number of hydrogen-bond donors (Lipinski definition) is 1. The molecule has 1 rings (SSSR count). The van der Waals surface area contributed by atoms with Gasteiger partial charge in [-0.1, -0.05) is 17.7 Å². The van der Waals surface area contributed by atoms with Crippen molar-refractivity contribution in [1.82, 2.24) is 5.32 Å². The van der Waals surface area contributed by atoms with Crippen LogP contribution in [0.25, 0.3) is 0 Å². The lowest BCUT2D eigenvalue weighted by Gasteiger charge is -2.10. The van der Waals surface area contributed by atoms with E-state index in [1.54, 1.807) is 0 Å². The van der Waals surface area contributed by atoms with Crippen molar-refractivity contribution in [2.75, 3.05) is 20.2 Å². The summed E-state index contributed by atoms with van der Waals surface area (Å²) in [6, 6.07) is 5.65. The Balaban J connectivity index is 2.71. The molecule has 0 aliphatic carbocycles. The Labute approximate surface area is 95.9 Å². The van der Waals surface area contributed by atoms with Gasteiger partial charge in [0.15, 0.2) is 0 Å². The second-order valence-corrected chi connectivity index (χ2v) is 3.63. The smallest absolute Gasteiger partial charge is 0.122 e. The van der Waals surface area contributed by atoms with E-state index in [-0.39, 0.29) is 0 Å². The van der Waals surface area contributed by atoms with Crippen molar-refractivity contribution in [2.24, 2.45) is 0 Å². The average molecular weight is 226 g/mol. The van der Waals surface area contributed by atoms with Gasteiger partial charge in [-0.15, -0.1) is 6.58 Å². The number of likely N-dealkylation sites (N-methyl/N-ethyl adjacent to an activating group) is 1. The van der Waals surface area contributed by atoms with Crippen molar-refractivity contribution in [1.29, 1.82) is 0 Å². The molecule has 0 aliphatic heterocycles. The first-order valence-corrected chi connectivity index (χ1v) is 5.32. The first-order chi connectivity index (χ1) is 7.27. The minimum atomic E-state index is 0.655. The maximum Gasteiger partial charge on any atom is 0.122 e. The molecule has 0 aliphatic rings. The highest BCUT2D eigenvalue weighted by Gasteiger charge is 2.02. The van der Waals surface area contributed by atoms with E-state index in [1.165, 1.54) is 0 Å². The Morgan fingerprint density at radius 2 is 2.33 bits per heavy atom. The minimum Gasteiger partial charge on any atom is -0.492 e. The zero-order chi connectivity index (χ0) is 11.1. The molecule has 0 fully saturated rings. The number of hydrogen-bond acceptors (Lipinski definition) is 2. The highest BCUT2D eigenvalue weighted by molar-refractivity contribution is 6.30. The van der Waals surface area contributed by atoms with Crippen molar-refractivity contribution in [3.05, 3.63) is 41.4 Å². The van der Waals surface area contributed by atoms with E-state index in [9.17, 15) is 0 Å². The van der Waals surface area contributed by atoms with Gasteiger partial charge in [-0.05, 0) is 37.2 Å². The molecule has 0 atom stereocenters. The molecule has 1 aromatic carbocycles. The molecule has 0 radical (unpaired) electrons. The summed E-state index contributed by atoms with van der Waals surface area (Å²) < 4.78 is 5.62. The summed E-state index contributed by atoms with van der Waals surface area (Å²) in [4.78, 5) is 0. The normalized spacial score (nSPS) is 10.0. The van der Waals surface area contributed by atoms with Crippen LogP contribution in [-0.2, 0) is 6.42 Å². The SMILES string of the molecule is C=CCc1cc(Cl)ccc1OCCNC. The molecule has 1 N–H and O–H groups in total. The second-order valence-electron chi connectivity index (χ2n) is 3.20. The lowest BCUT2D eigenvalue weighted by Crippen LogP contribution is -2.16. The van der Waals surface area contributed by atoms with E-state index in [2.05, 4.69) is 11.9 Å². The van der Waals surface area contributed by atoms with Gasteiger partial charge < -0.3 is 10.1 Å². The molecule has 0 saturated heterocycles. The molecule has 0 unspecified atom stereocenters. The molecular formula is C12H16ClNO. The Morgan fingerprint density at radius 1 is 1.53 bits per heavy atom. The van der Waals surface area contributed by atoms with Gasteiger partial charge in [-0.3, -0.25) is 0 Å². The minimum absolute atomic E-state index is 0.655. The number of nitrogens with one attached hydrogen (secondary N) is 1. The number of benzene rings is 1. The fourth-order valence-electron chi connectivity index (χ4n) is 1.27. The summed E-state index contributed by atoms with van der Waals surface area (Å²) in [6.07, 6.45) is 2.62. The number of rotatable bonds is 6. The Bertz CT molecular complexity index is 325. The quantitative estimate of drug-likeness (QED) is 0.594. The van der Waals surface area contributed by atoms with Gasteiger partial charge in [-0.2, -0.15) is 0 Å². The monoisotopic (exact) mass is 225 g/mol. The standard InChI is InChI=1S/C12H16ClNO/c1-3-4-10-9-11(13)5-6-12(10)15-8-7-14-2/h3,5-6,9,14H,1,4,7-8H2,2H3. The van der Waals surface area contributed by atoms with Crippen LogP contribution in [-0.4, -0.2) is 20.2 Å². The van der Waals surface area contributed by atoms with Gasteiger partial charge in [0.05, 0.1) is 0 Å². The first kappa shape index (κ1) is 12.1. The zero-order valence-corrected chi connectivity index (χ0v) is 9.68. The molecule has 3 heteroatoms. The van der Waals surface area contributed by atoms with Crippen LogP contribution >= 0.6 is 11.6 Å². The predicted octanol–water partition coefficient (Wildman–Crippen LogP) is 2.67. The summed E-state index contributed by atoms with van der Waals surface area (Å²) in [7, 11) is 1.90. The maximum absolute atomic E-state index is 5.91. The number of ether oxygens (including phenoxy) is 1. The van der Waals surface area contributed by atoms with Crippen molar-refractivity contribution in [3.8, 4) is 5.75 Å². The fraction of sp³-hybridized carbons (Fsp3) is 0.333. The van der Waals surface area contributed by atoms with E-state index < -0.39 is 0 Å². The van der Waals surface area contributed by atoms with Gasteiger partial charge in [0.25, 0.3) is 0 Å². The van der Waals surface area contributed by atoms with Crippen LogP contribution in [0.15, 0.2) is 30.9 Å². The summed E-state index contributed by atoms with van der Waals surface area (Å²) in [5.41, 5.74) is 1.08. The van der Waals surface area contributed by atoms with Gasteiger partial charge in [0.1, 0.15) is 12.4 Å². The van der Waals surface area contributed by atoms with Crippen molar-refractivity contribution < 1.29 is 4.74 Å². The molecule has 0 spiro atoms. The van der Waals surface area contributed by atoms with Crippen LogP contribution < -0.4 is 10.1 Å². The van der Waals surface area contributed by atoms with Crippen molar-refractivity contribution >= 4 is 11.6 Å². The summed E-state index contributed by atoms with van der Waals surface area (Å²) >= 11 is 5.91. The summed E-state index contributed by atoms with van der Waals surface area (Å²) in [5.74, 6) is 0.884. The molecule has 1 aromatic rings. The third-order valence-electron chi connectivity index (χ3n) is 2.00. The molecule has 0 amide bonds. The van der Waals surface area contributed by atoms with Crippen LogP contribution in [0.4, 0.5) is 0 Å². The highest BCUT2D eigenvalue weighted by Crippen LogP contribution is 2.23. The topological polar surface area (TPSA) is 21.3 Å². The molecule has 0 saturated carbocycles. The summed E-state index contributed by atoms with van der Waals surface area (Å²) in [6.45, 7) is 5.20. The van der Waals surface area contributed by atoms with Crippen LogP contribution in [0.3, 0.4) is 0 Å². The van der Waals surface area contributed by atoms with Gasteiger partial charge in [0, 0.05) is 11.6 Å². The van der Waals surface area contributed by atoms with Gasteiger partial charge in [-0.25, -0.2) is 0 Å². The maximum atomic E-state index is 5.91. The molecular weight excluding hydrogens is 210 g/mol. The molecule has 82 valence electrons. The van der Waals surface area contributed by atoms with Crippen molar-refractivity contribution in [2.45, 2.75) is 6.42 Å². The van der Waals surface area contributed by atoms with Crippen molar-refractivity contribution in [3.63, 3.8) is 0 Å².